The Morgan fingerprint density at radius 3 is 1.91 bits per heavy atom. The molecule has 0 aliphatic rings. The van der Waals surface area contributed by atoms with Gasteiger partial charge in [-0.1, -0.05) is 78.4 Å². The summed E-state index contributed by atoms with van der Waals surface area (Å²) in [6, 6.07) is 31.2. The summed E-state index contributed by atoms with van der Waals surface area (Å²) < 4.78 is 57.9. The Bertz CT molecular complexity index is 1960. The van der Waals surface area contributed by atoms with E-state index in [1.807, 2.05) is 65.7 Å². The summed E-state index contributed by atoms with van der Waals surface area (Å²) >= 11 is 0. The predicted octanol–water partition coefficient (Wildman–Crippen LogP) is 5.63. The van der Waals surface area contributed by atoms with Crippen LogP contribution in [-0.4, -0.2) is 43.7 Å². The third-order valence-electron chi connectivity index (χ3n) is 6.83. The van der Waals surface area contributed by atoms with Gasteiger partial charge in [-0.2, -0.15) is 13.5 Å². The van der Waals surface area contributed by atoms with E-state index in [2.05, 4.69) is 24.4 Å². The third kappa shape index (κ3) is 8.88. The molecular formula is C33H34N4O6S2. The molecule has 10 nitrogen and oxygen atoms in total. The maximum absolute atomic E-state index is 12.2. The molecule has 0 bridgehead atoms. The van der Waals surface area contributed by atoms with Gasteiger partial charge < -0.3 is 5.32 Å². The Morgan fingerprint density at radius 2 is 1.33 bits per heavy atom. The first-order chi connectivity index (χ1) is 21.3. The fraction of sp³-hybridized carbons (Fsp3) is 0.152. The first-order valence-corrected chi connectivity index (χ1v) is 16.9. The van der Waals surface area contributed by atoms with Gasteiger partial charge in [0.05, 0.1) is 21.2 Å². The quantitative estimate of drug-likeness (QED) is 0.185. The lowest BCUT2D eigenvalue weighted by Gasteiger charge is -2.10. The second kappa shape index (κ2) is 14.3. The van der Waals surface area contributed by atoms with Gasteiger partial charge in [-0.3, -0.25) is 4.55 Å². The molecule has 2 amide bonds. The summed E-state index contributed by atoms with van der Waals surface area (Å²) in [6.07, 6.45) is 0.561. The van der Waals surface area contributed by atoms with Gasteiger partial charge in [0, 0.05) is 17.8 Å². The highest BCUT2D eigenvalue weighted by molar-refractivity contribution is 7.90. The van der Waals surface area contributed by atoms with Crippen molar-refractivity contribution in [3.05, 3.63) is 132 Å². The van der Waals surface area contributed by atoms with Crippen LogP contribution < -0.4 is 10.0 Å². The number of carbonyl (C=O) groups excluding carboxylic acids is 1. The molecule has 5 rings (SSSR count). The number of carbonyl (C=O) groups is 1. The Morgan fingerprint density at radius 1 is 0.756 bits per heavy atom. The number of rotatable bonds is 8. The maximum Gasteiger partial charge on any atom is 0.328 e. The van der Waals surface area contributed by atoms with Crippen LogP contribution in [0.1, 0.15) is 22.5 Å². The number of sulfonamides is 1. The Hall–Kier alpha value is -4.78. The first kappa shape index (κ1) is 33.1. The minimum Gasteiger partial charge on any atom is -0.337 e. The number of aromatic nitrogens is 2. The fourth-order valence-corrected chi connectivity index (χ4v) is 6.00. The molecule has 0 fully saturated rings. The summed E-state index contributed by atoms with van der Waals surface area (Å²) in [6.45, 7) is 6.21. The van der Waals surface area contributed by atoms with Crippen molar-refractivity contribution in [2.75, 3.05) is 6.54 Å². The Balaban J connectivity index is 0.000000354. The second-order valence-corrected chi connectivity index (χ2v) is 13.3. The number of nitrogens with zero attached hydrogens (tertiary/aromatic N) is 2. The van der Waals surface area contributed by atoms with Crippen molar-refractivity contribution in [2.24, 2.45) is 0 Å². The molecule has 0 spiro atoms. The second-order valence-electron chi connectivity index (χ2n) is 10.2. The van der Waals surface area contributed by atoms with Crippen LogP contribution in [0.25, 0.3) is 16.8 Å². The number of benzene rings is 4. The number of hydrogen-bond donors (Lipinski definition) is 3. The van der Waals surface area contributed by atoms with Gasteiger partial charge in [0.2, 0.25) is 0 Å². The van der Waals surface area contributed by atoms with Gasteiger partial charge >= 0.3 is 6.03 Å². The molecule has 0 unspecified atom stereocenters. The number of nitrogens with one attached hydrogen (secondary N) is 2. The Labute approximate surface area is 263 Å². The molecule has 5 aromatic rings. The van der Waals surface area contributed by atoms with Crippen molar-refractivity contribution >= 4 is 26.2 Å². The standard InChI is InChI=1S/C26H26N4O3S.C7H8O3S/c1-19-25(22-9-5-3-6-10-22)20(2)30(28-19)23-15-13-21(14-16-23)17-18-27-26(31)29-34(32,33)24-11-7-4-8-12-24;1-6-2-4-7(5-3-6)11(8,9)10/h3-16H,17-18H2,1-2H3,(H2,27,29,31);2-5H,1H3,(H,8,9,10). The van der Waals surface area contributed by atoms with Gasteiger partial charge in [-0.05, 0) is 74.7 Å². The van der Waals surface area contributed by atoms with E-state index in [1.54, 1.807) is 30.3 Å². The van der Waals surface area contributed by atoms with Crippen molar-refractivity contribution in [2.45, 2.75) is 37.0 Å². The third-order valence-corrected chi connectivity index (χ3v) is 9.05. The van der Waals surface area contributed by atoms with Crippen molar-refractivity contribution in [1.82, 2.24) is 19.8 Å². The highest BCUT2D eigenvalue weighted by atomic mass is 32.2. The smallest absolute Gasteiger partial charge is 0.328 e. The maximum atomic E-state index is 12.2. The topological polar surface area (TPSA) is 147 Å². The molecule has 1 heterocycles. The summed E-state index contributed by atoms with van der Waals surface area (Å²) in [5.74, 6) is 0. The molecule has 0 saturated carbocycles. The molecule has 0 atom stereocenters. The molecule has 0 aliphatic heterocycles. The number of aryl methyl sites for hydroxylation is 2. The minimum atomic E-state index is -4.02. The van der Waals surface area contributed by atoms with Crippen molar-refractivity contribution in [3.63, 3.8) is 0 Å². The van der Waals surface area contributed by atoms with E-state index in [0.29, 0.717) is 13.0 Å². The van der Waals surface area contributed by atoms with E-state index >= 15 is 0 Å². The molecule has 0 saturated heterocycles. The molecule has 0 aliphatic carbocycles. The van der Waals surface area contributed by atoms with Crippen LogP contribution in [0.2, 0.25) is 0 Å². The van der Waals surface area contributed by atoms with Gasteiger partial charge in [0.15, 0.2) is 0 Å². The molecule has 45 heavy (non-hydrogen) atoms. The molecule has 0 radical (unpaired) electrons. The number of urea groups is 1. The lowest BCUT2D eigenvalue weighted by molar-refractivity contribution is 0.246. The summed E-state index contributed by atoms with van der Waals surface area (Å²) in [5, 5.41) is 7.32. The SMILES string of the molecule is Cc1ccc(S(=O)(=O)O)cc1.Cc1nn(-c2ccc(CCNC(=O)NS(=O)(=O)c3ccccc3)cc2)c(C)c1-c1ccccc1. The van der Waals surface area contributed by atoms with Crippen molar-refractivity contribution in [1.29, 1.82) is 0 Å². The van der Waals surface area contributed by atoms with Crippen LogP contribution in [0.15, 0.2) is 119 Å². The molecular weight excluding hydrogens is 613 g/mol. The average Bonchev–Trinajstić information content (AvgIpc) is 3.31. The van der Waals surface area contributed by atoms with Crippen LogP contribution in [0.5, 0.6) is 0 Å². The Kier molecular flexibility index (Phi) is 10.6. The zero-order chi connectivity index (χ0) is 32.6. The van der Waals surface area contributed by atoms with Crippen LogP contribution in [0, 0.1) is 20.8 Å². The average molecular weight is 647 g/mol. The normalized spacial score (nSPS) is 11.3. The van der Waals surface area contributed by atoms with E-state index < -0.39 is 26.2 Å². The molecule has 4 aromatic carbocycles. The zero-order valence-electron chi connectivity index (χ0n) is 25.0. The van der Waals surface area contributed by atoms with Crippen LogP contribution in [0.4, 0.5) is 4.79 Å². The highest BCUT2D eigenvalue weighted by Crippen LogP contribution is 2.28. The minimum absolute atomic E-state index is 0.0420. The van der Waals surface area contributed by atoms with Crippen LogP contribution >= 0.6 is 0 Å². The van der Waals surface area contributed by atoms with Gasteiger partial charge in [0.25, 0.3) is 20.1 Å². The van der Waals surface area contributed by atoms with E-state index in [0.717, 1.165) is 39.3 Å². The highest BCUT2D eigenvalue weighted by Gasteiger charge is 2.17. The van der Waals surface area contributed by atoms with Gasteiger partial charge in [-0.25, -0.2) is 22.6 Å². The fourth-order valence-electron chi connectivity index (χ4n) is 4.57. The lowest BCUT2D eigenvalue weighted by atomic mass is 10.0. The predicted molar refractivity (Wildman–Crippen MR) is 173 cm³/mol. The number of amides is 2. The summed E-state index contributed by atoms with van der Waals surface area (Å²) in [5.41, 5.74) is 7.22. The molecule has 234 valence electrons. The van der Waals surface area contributed by atoms with E-state index in [1.165, 1.54) is 24.3 Å². The number of hydrogen-bond acceptors (Lipinski definition) is 6. The monoisotopic (exact) mass is 646 g/mol. The molecule has 12 heteroatoms. The molecule has 3 N–H and O–H groups in total. The van der Waals surface area contributed by atoms with Crippen LogP contribution in [0.3, 0.4) is 0 Å². The zero-order valence-corrected chi connectivity index (χ0v) is 26.6. The van der Waals surface area contributed by atoms with E-state index in [-0.39, 0.29) is 9.79 Å². The summed E-state index contributed by atoms with van der Waals surface area (Å²) in [4.78, 5) is 12.0. The summed E-state index contributed by atoms with van der Waals surface area (Å²) in [7, 11) is -7.91. The van der Waals surface area contributed by atoms with Crippen LogP contribution in [-0.2, 0) is 26.6 Å². The van der Waals surface area contributed by atoms with E-state index in [9.17, 15) is 21.6 Å². The van der Waals surface area contributed by atoms with Crippen molar-refractivity contribution in [3.8, 4) is 16.8 Å². The lowest BCUT2D eigenvalue weighted by Crippen LogP contribution is -2.40. The van der Waals surface area contributed by atoms with E-state index in [4.69, 9.17) is 9.65 Å². The first-order valence-electron chi connectivity index (χ1n) is 14.0. The molecule has 1 aromatic heterocycles. The van der Waals surface area contributed by atoms with Crippen molar-refractivity contribution < 1.29 is 26.2 Å². The van der Waals surface area contributed by atoms with Gasteiger partial charge in [-0.15, -0.1) is 0 Å². The largest absolute Gasteiger partial charge is 0.337 e. The van der Waals surface area contributed by atoms with Gasteiger partial charge in [0.1, 0.15) is 0 Å².